The molecule has 0 bridgehead atoms. The summed E-state index contributed by atoms with van der Waals surface area (Å²) < 4.78 is 5.06. The van der Waals surface area contributed by atoms with Crippen molar-refractivity contribution in [1.82, 2.24) is 10.2 Å². The molecule has 0 aliphatic heterocycles. The molecular formula is C11H22N2O2. The van der Waals surface area contributed by atoms with Crippen molar-refractivity contribution in [2.45, 2.75) is 45.2 Å². The number of hydrogen-bond acceptors (Lipinski definition) is 2. The minimum Gasteiger partial charge on any atom is -0.383 e. The van der Waals surface area contributed by atoms with Crippen LogP contribution in [0.1, 0.15) is 33.1 Å². The lowest BCUT2D eigenvalue weighted by Crippen LogP contribution is -2.51. The van der Waals surface area contributed by atoms with E-state index in [1.807, 2.05) is 18.7 Å². The number of hydrogen-bond donors (Lipinski definition) is 1. The van der Waals surface area contributed by atoms with Crippen molar-refractivity contribution in [3.8, 4) is 0 Å². The lowest BCUT2D eigenvalue weighted by molar-refractivity contribution is 0.110. The molecule has 4 nitrogen and oxygen atoms in total. The van der Waals surface area contributed by atoms with Gasteiger partial charge in [0.15, 0.2) is 0 Å². The number of likely N-dealkylation sites (N-methyl/N-ethyl adjacent to an activating group) is 1. The van der Waals surface area contributed by atoms with Crippen LogP contribution in [0.5, 0.6) is 0 Å². The first-order chi connectivity index (χ1) is 7.19. The van der Waals surface area contributed by atoms with Crippen LogP contribution in [0.15, 0.2) is 0 Å². The number of carbonyl (C=O) groups excluding carboxylic acids is 1. The topological polar surface area (TPSA) is 41.6 Å². The molecule has 1 aliphatic rings. The van der Waals surface area contributed by atoms with Gasteiger partial charge < -0.3 is 15.0 Å². The van der Waals surface area contributed by atoms with Gasteiger partial charge in [0.25, 0.3) is 0 Å². The summed E-state index contributed by atoms with van der Waals surface area (Å²) in [7, 11) is 1.66. The molecule has 1 fully saturated rings. The van der Waals surface area contributed by atoms with Gasteiger partial charge >= 0.3 is 6.03 Å². The quantitative estimate of drug-likeness (QED) is 0.755. The van der Waals surface area contributed by atoms with E-state index in [9.17, 15) is 4.79 Å². The zero-order valence-electron chi connectivity index (χ0n) is 9.95. The van der Waals surface area contributed by atoms with Gasteiger partial charge in [-0.2, -0.15) is 0 Å². The lowest BCUT2D eigenvalue weighted by Gasteiger charge is -2.33. The minimum absolute atomic E-state index is 0.0479. The van der Waals surface area contributed by atoms with Crippen LogP contribution >= 0.6 is 0 Å². The van der Waals surface area contributed by atoms with Crippen LogP contribution in [-0.4, -0.2) is 43.3 Å². The van der Waals surface area contributed by atoms with Crippen molar-refractivity contribution in [2.24, 2.45) is 0 Å². The van der Waals surface area contributed by atoms with Crippen LogP contribution in [0.2, 0.25) is 0 Å². The smallest absolute Gasteiger partial charge is 0.317 e. The fourth-order valence-electron chi connectivity index (χ4n) is 1.80. The van der Waals surface area contributed by atoms with Gasteiger partial charge in [0, 0.05) is 19.7 Å². The second kappa shape index (κ2) is 5.95. The van der Waals surface area contributed by atoms with E-state index in [4.69, 9.17) is 4.74 Å². The number of methoxy groups -OCH3 is 1. The first-order valence-electron chi connectivity index (χ1n) is 5.75. The molecule has 88 valence electrons. The third-order valence-corrected chi connectivity index (χ3v) is 2.97. The number of nitrogens with zero attached hydrogens (tertiary/aromatic N) is 1. The molecule has 0 saturated heterocycles. The summed E-state index contributed by atoms with van der Waals surface area (Å²) in [5, 5.41) is 3.04. The monoisotopic (exact) mass is 214 g/mol. The molecule has 0 radical (unpaired) electrons. The molecule has 2 amide bonds. The summed E-state index contributed by atoms with van der Waals surface area (Å²) in [6.07, 6.45) is 3.49. The van der Waals surface area contributed by atoms with E-state index in [2.05, 4.69) is 5.32 Å². The Kier molecular flexibility index (Phi) is 4.88. The summed E-state index contributed by atoms with van der Waals surface area (Å²) >= 11 is 0. The SMILES string of the molecule is CCN(C(=O)NC1CCC1)C(C)COC. The minimum atomic E-state index is 0.0479. The summed E-state index contributed by atoms with van der Waals surface area (Å²) in [6.45, 7) is 5.31. The Morgan fingerprint density at radius 2 is 2.27 bits per heavy atom. The predicted molar refractivity (Wildman–Crippen MR) is 59.9 cm³/mol. The molecule has 0 spiro atoms. The maximum atomic E-state index is 11.9. The van der Waals surface area contributed by atoms with Gasteiger partial charge in [0.1, 0.15) is 0 Å². The second-order valence-corrected chi connectivity index (χ2v) is 4.17. The number of rotatable bonds is 5. The molecule has 0 aromatic rings. The molecule has 0 aromatic heterocycles. The van der Waals surface area contributed by atoms with Gasteiger partial charge in [0.2, 0.25) is 0 Å². The number of carbonyl (C=O) groups is 1. The average molecular weight is 214 g/mol. The highest BCUT2D eigenvalue weighted by Gasteiger charge is 2.24. The third kappa shape index (κ3) is 3.38. The standard InChI is InChI=1S/C11H22N2O2/c1-4-13(9(2)8-15-3)11(14)12-10-6-5-7-10/h9-10H,4-8H2,1-3H3,(H,12,14). The fourth-order valence-corrected chi connectivity index (χ4v) is 1.80. The van der Waals surface area contributed by atoms with Gasteiger partial charge in [-0.15, -0.1) is 0 Å². The van der Waals surface area contributed by atoms with E-state index >= 15 is 0 Å². The first-order valence-corrected chi connectivity index (χ1v) is 5.75. The van der Waals surface area contributed by atoms with E-state index in [1.54, 1.807) is 7.11 Å². The maximum Gasteiger partial charge on any atom is 0.317 e. The van der Waals surface area contributed by atoms with Crippen LogP contribution in [-0.2, 0) is 4.74 Å². The van der Waals surface area contributed by atoms with Gasteiger partial charge in [-0.3, -0.25) is 0 Å². The fraction of sp³-hybridized carbons (Fsp3) is 0.909. The van der Waals surface area contributed by atoms with Crippen LogP contribution in [0.3, 0.4) is 0 Å². The number of amides is 2. The summed E-state index contributed by atoms with van der Waals surface area (Å²) in [5.74, 6) is 0. The Labute approximate surface area is 92.0 Å². The molecule has 1 saturated carbocycles. The summed E-state index contributed by atoms with van der Waals surface area (Å²) in [5.41, 5.74) is 0. The van der Waals surface area contributed by atoms with Gasteiger partial charge in [0.05, 0.1) is 12.6 Å². The number of ether oxygens (including phenoxy) is 1. The zero-order valence-corrected chi connectivity index (χ0v) is 9.95. The Hall–Kier alpha value is -0.770. The van der Waals surface area contributed by atoms with Gasteiger partial charge in [-0.05, 0) is 33.1 Å². The van der Waals surface area contributed by atoms with Gasteiger partial charge in [-0.1, -0.05) is 0 Å². The van der Waals surface area contributed by atoms with E-state index in [-0.39, 0.29) is 12.1 Å². The molecule has 1 atom stereocenters. The normalized spacial score (nSPS) is 18.1. The van der Waals surface area contributed by atoms with Crippen molar-refractivity contribution in [3.63, 3.8) is 0 Å². The Balaban J connectivity index is 2.37. The van der Waals surface area contributed by atoms with Crippen LogP contribution in [0, 0.1) is 0 Å². The van der Waals surface area contributed by atoms with Crippen molar-refractivity contribution >= 4 is 6.03 Å². The molecule has 1 unspecified atom stereocenters. The average Bonchev–Trinajstić information content (AvgIpc) is 2.13. The van der Waals surface area contributed by atoms with Crippen LogP contribution in [0.25, 0.3) is 0 Å². The highest BCUT2D eigenvalue weighted by Crippen LogP contribution is 2.18. The molecular weight excluding hydrogens is 192 g/mol. The van der Waals surface area contributed by atoms with Crippen molar-refractivity contribution < 1.29 is 9.53 Å². The van der Waals surface area contributed by atoms with Crippen molar-refractivity contribution in [1.29, 1.82) is 0 Å². The van der Waals surface area contributed by atoms with Gasteiger partial charge in [-0.25, -0.2) is 4.79 Å². The Morgan fingerprint density at radius 3 is 2.67 bits per heavy atom. The molecule has 0 heterocycles. The van der Waals surface area contributed by atoms with Crippen LogP contribution < -0.4 is 5.32 Å². The highest BCUT2D eigenvalue weighted by atomic mass is 16.5. The predicted octanol–water partition coefficient (Wildman–Crippen LogP) is 1.61. The number of nitrogens with one attached hydrogen (secondary N) is 1. The molecule has 15 heavy (non-hydrogen) atoms. The Morgan fingerprint density at radius 1 is 1.60 bits per heavy atom. The maximum absolute atomic E-state index is 11.9. The third-order valence-electron chi connectivity index (χ3n) is 2.97. The molecule has 0 aromatic carbocycles. The molecule has 1 N–H and O–H groups in total. The van der Waals surface area contributed by atoms with E-state index in [0.29, 0.717) is 12.6 Å². The van der Waals surface area contributed by atoms with Crippen molar-refractivity contribution in [3.05, 3.63) is 0 Å². The first kappa shape index (κ1) is 12.3. The summed E-state index contributed by atoms with van der Waals surface area (Å²) in [4.78, 5) is 13.7. The largest absolute Gasteiger partial charge is 0.383 e. The Bertz CT molecular complexity index is 205. The molecule has 4 heteroatoms. The molecule has 1 rings (SSSR count). The summed E-state index contributed by atoms with van der Waals surface area (Å²) in [6, 6.07) is 0.591. The zero-order chi connectivity index (χ0) is 11.3. The van der Waals surface area contributed by atoms with Crippen LogP contribution in [0.4, 0.5) is 4.79 Å². The van der Waals surface area contributed by atoms with Crippen molar-refractivity contribution in [2.75, 3.05) is 20.3 Å². The van der Waals surface area contributed by atoms with E-state index < -0.39 is 0 Å². The van der Waals surface area contributed by atoms with E-state index in [0.717, 1.165) is 19.4 Å². The highest BCUT2D eigenvalue weighted by molar-refractivity contribution is 5.74. The number of urea groups is 1. The second-order valence-electron chi connectivity index (χ2n) is 4.17. The lowest BCUT2D eigenvalue weighted by atomic mass is 9.93. The van der Waals surface area contributed by atoms with E-state index in [1.165, 1.54) is 6.42 Å². The molecule has 1 aliphatic carbocycles.